The second kappa shape index (κ2) is 9.18. The quantitative estimate of drug-likeness (QED) is 0.615. The van der Waals surface area contributed by atoms with E-state index in [0.29, 0.717) is 12.1 Å². The predicted octanol–water partition coefficient (Wildman–Crippen LogP) is 3.71. The summed E-state index contributed by atoms with van der Waals surface area (Å²) in [6.07, 6.45) is 9.01. The van der Waals surface area contributed by atoms with E-state index in [4.69, 9.17) is 4.74 Å². The van der Waals surface area contributed by atoms with E-state index >= 15 is 0 Å². The molecule has 1 aliphatic heterocycles. The Morgan fingerprint density at radius 1 is 1.24 bits per heavy atom. The Labute approximate surface area is 171 Å². The molecule has 1 amide bonds. The summed E-state index contributed by atoms with van der Waals surface area (Å²) in [5.74, 6) is -0.0194. The van der Waals surface area contributed by atoms with Crippen molar-refractivity contribution in [3.05, 3.63) is 60.0 Å². The fraction of sp³-hybridized carbons (Fsp3) is 0.435. The molecule has 6 nitrogen and oxygen atoms in total. The van der Waals surface area contributed by atoms with E-state index in [1.54, 1.807) is 17.4 Å². The first-order valence-corrected chi connectivity index (χ1v) is 10.4. The molecule has 0 bridgehead atoms. The summed E-state index contributed by atoms with van der Waals surface area (Å²) in [6.45, 7) is 2.34. The molecule has 1 aromatic carbocycles. The van der Waals surface area contributed by atoms with Crippen molar-refractivity contribution in [1.29, 1.82) is 0 Å². The van der Waals surface area contributed by atoms with Gasteiger partial charge in [0.25, 0.3) is 5.91 Å². The minimum Gasteiger partial charge on any atom is -0.378 e. The van der Waals surface area contributed by atoms with Crippen molar-refractivity contribution in [2.45, 2.75) is 44.8 Å². The Kier molecular flexibility index (Phi) is 6.20. The van der Waals surface area contributed by atoms with Crippen LogP contribution in [0.3, 0.4) is 0 Å². The van der Waals surface area contributed by atoms with Gasteiger partial charge in [-0.2, -0.15) is 0 Å². The van der Waals surface area contributed by atoms with Gasteiger partial charge in [-0.15, -0.1) is 0 Å². The molecule has 6 heteroatoms. The molecule has 0 spiro atoms. The van der Waals surface area contributed by atoms with Crippen LogP contribution in [0.25, 0.3) is 11.2 Å². The number of aromatic nitrogens is 3. The Hall–Kier alpha value is -2.73. The Bertz CT molecular complexity index is 948. The van der Waals surface area contributed by atoms with Crippen LogP contribution >= 0.6 is 0 Å². The van der Waals surface area contributed by atoms with Gasteiger partial charge in [-0.1, -0.05) is 30.3 Å². The maximum absolute atomic E-state index is 12.8. The van der Waals surface area contributed by atoms with Gasteiger partial charge < -0.3 is 14.2 Å². The number of hydrogen-bond acceptors (Lipinski definition) is 4. The van der Waals surface area contributed by atoms with Crippen LogP contribution in [0.5, 0.6) is 0 Å². The molecule has 1 unspecified atom stereocenters. The lowest BCUT2D eigenvalue weighted by Crippen LogP contribution is -2.31. The lowest BCUT2D eigenvalue weighted by Gasteiger charge is -2.25. The monoisotopic (exact) mass is 392 g/mol. The predicted molar refractivity (Wildman–Crippen MR) is 113 cm³/mol. The number of fused-ring (bicyclic) bond motifs is 1. The molecule has 2 aromatic heterocycles. The first-order chi connectivity index (χ1) is 14.2. The number of carbonyl (C=O) groups excluding carboxylic acids is 1. The minimum absolute atomic E-state index is 0.0194. The molecule has 0 N–H and O–H groups in total. The van der Waals surface area contributed by atoms with Crippen molar-refractivity contribution < 1.29 is 9.53 Å². The van der Waals surface area contributed by atoms with Crippen LogP contribution in [0.4, 0.5) is 0 Å². The van der Waals surface area contributed by atoms with Crippen LogP contribution in [0, 0.1) is 0 Å². The molecule has 1 atom stereocenters. The van der Waals surface area contributed by atoms with Gasteiger partial charge in [-0.3, -0.25) is 4.79 Å². The van der Waals surface area contributed by atoms with Crippen LogP contribution < -0.4 is 0 Å². The lowest BCUT2D eigenvalue weighted by molar-refractivity contribution is 0.00709. The van der Waals surface area contributed by atoms with Gasteiger partial charge in [0.2, 0.25) is 0 Å². The van der Waals surface area contributed by atoms with Crippen molar-refractivity contribution in [3.8, 4) is 0 Å². The van der Waals surface area contributed by atoms with Crippen molar-refractivity contribution in [3.63, 3.8) is 0 Å². The smallest absolute Gasteiger partial charge is 0.255 e. The van der Waals surface area contributed by atoms with Gasteiger partial charge in [-0.05, 0) is 43.7 Å². The second-order valence-corrected chi connectivity index (χ2v) is 7.74. The fourth-order valence-corrected chi connectivity index (χ4v) is 3.82. The number of nitrogens with zero attached hydrogens (tertiary/aromatic N) is 4. The van der Waals surface area contributed by atoms with Crippen molar-refractivity contribution >= 4 is 17.1 Å². The third kappa shape index (κ3) is 4.82. The third-order valence-corrected chi connectivity index (χ3v) is 5.59. The van der Waals surface area contributed by atoms with E-state index in [-0.39, 0.29) is 12.0 Å². The largest absolute Gasteiger partial charge is 0.378 e. The third-order valence-electron chi connectivity index (χ3n) is 5.59. The summed E-state index contributed by atoms with van der Waals surface area (Å²) in [6, 6.07) is 12.2. The zero-order valence-electron chi connectivity index (χ0n) is 17.0. The normalized spacial score (nSPS) is 16.8. The van der Waals surface area contributed by atoms with E-state index in [2.05, 4.69) is 22.1 Å². The molecule has 0 radical (unpaired) electrons. The highest BCUT2D eigenvalue weighted by Gasteiger charge is 2.18. The van der Waals surface area contributed by atoms with Crippen molar-refractivity contribution in [2.75, 3.05) is 20.2 Å². The summed E-state index contributed by atoms with van der Waals surface area (Å²) < 4.78 is 7.81. The molecule has 3 aromatic rings. The van der Waals surface area contributed by atoms with E-state index in [9.17, 15) is 4.79 Å². The molecule has 4 rings (SSSR count). The number of pyridine rings is 1. The van der Waals surface area contributed by atoms with Crippen LogP contribution in [-0.4, -0.2) is 51.6 Å². The zero-order valence-corrected chi connectivity index (χ0v) is 17.0. The second-order valence-electron chi connectivity index (χ2n) is 7.74. The van der Waals surface area contributed by atoms with Crippen LogP contribution in [0.1, 0.15) is 41.6 Å². The highest BCUT2D eigenvalue weighted by molar-refractivity contribution is 5.96. The number of rotatable bonds is 7. The molecule has 1 aliphatic rings. The van der Waals surface area contributed by atoms with Crippen molar-refractivity contribution in [2.24, 2.45) is 0 Å². The van der Waals surface area contributed by atoms with Gasteiger partial charge in [0, 0.05) is 32.9 Å². The summed E-state index contributed by atoms with van der Waals surface area (Å²) in [5, 5.41) is 0. The topological polar surface area (TPSA) is 60.2 Å². The maximum Gasteiger partial charge on any atom is 0.255 e. The van der Waals surface area contributed by atoms with Gasteiger partial charge in [0.1, 0.15) is 5.52 Å². The number of amides is 1. The van der Waals surface area contributed by atoms with E-state index < -0.39 is 0 Å². The fourth-order valence-electron chi connectivity index (χ4n) is 3.82. The highest BCUT2D eigenvalue weighted by Crippen LogP contribution is 2.17. The first-order valence-electron chi connectivity index (χ1n) is 10.4. The summed E-state index contributed by atoms with van der Waals surface area (Å²) in [7, 11) is 1.84. The zero-order chi connectivity index (χ0) is 20.1. The summed E-state index contributed by atoms with van der Waals surface area (Å²) in [5.41, 5.74) is 3.44. The number of carbonyl (C=O) groups is 1. The number of ether oxygens (including phenoxy) is 1. The Morgan fingerprint density at radius 2 is 2.10 bits per heavy atom. The molecule has 152 valence electrons. The molecule has 3 heterocycles. The van der Waals surface area contributed by atoms with Crippen LogP contribution in [0.15, 0.2) is 48.9 Å². The van der Waals surface area contributed by atoms with Gasteiger partial charge >= 0.3 is 0 Å². The minimum atomic E-state index is -0.0194. The Balaban J connectivity index is 1.38. The van der Waals surface area contributed by atoms with Crippen LogP contribution in [-0.2, 0) is 17.7 Å². The molecular weight excluding hydrogens is 364 g/mol. The molecular formula is C23H28N4O2. The number of benzene rings is 1. The summed E-state index contributed by atoms with van der Waals surface area (Å²) >= 11 is 0. The number of hydrogen-bond donors (Lipinski definition) is 0. The highest BCUT2D eigenvalue weighted by atomic mass is 16.5. The first kappa shape index (κ1) is 19.6. The molecule has 0 aliphatic carbocycles. The number of aryl methyl sites for hydroxylation is 2. The molecule has 1 saturated heterocycles. The molecule has 0 saturated carbocycles. The standard InChI is InChI=1S/C23H28N4O2/c1-26(12-11-20-9-5-6-14-29-20)23(28)19-15-21-22(24-16-19)27(17-25-21)13-10-18-7-3-2-4-8-18/h2-4,7-8,15-17,20H,5-6,9-14H2,1H3. The average Bonchev–Trinajstić information content (AvgIpc) is 3.19. The van der Waals surface area contributed by atoms with E-state index in [1.165, 1.54) is 12.0 Å². The molecule has 29 heavy (non-hydrogen) atoms. The van der Waals surface area contributed by atoms with E-state index in [0.717, 1.165) is 50.0 Å². The molecule has 1 fully saturated rings. The Morgan fingerprint density at radius 3 is 2.90 bits per heavy atom. The van der Waals surface area contributed by atoms with Gasteiger partial charge in [0.05, 0.1) is 18.0 Å². The van der Waals surface area contributed by atoms with Gasteiger partial charge in [-0.25, -0.2) is 9.97 Å². The SMILES string of the molecule is CN(CCC1CCCCO1)C(=O)c1cnc2c(c1)ncn2CCc1ccccc1. The average molecular weight is 393 g/mol. The number of imidazole rings is 1. The van der Waals surface area contributed by atoms with Crippen molar-refractivity contribution in [1.82, 2.24) is 19.4 Å². The lowest BCUT2D eigenvalue weighted by atomic mass is 10.1. The van der Waals surface area contributed by atoms with Crippen LogP contribution in [0.2, 0.25) is 0 Å². The van der Waals surface area contributed by atoms with E-state index in [1.807, 2.05) is 35.9 Å². The summed E-state index contributed by atoms with van der Waals surface area (Å²) in [4.78, 5) is 23.5. The van der Waals surface area contributed by atoms with Gasteiger partial charge in [0.15, 0.2) is 5.65 Å². The maximum atomic E-state index is 12.8.